The third kappa shape index (κ3) is 3.29. The number of rotatable bonds is 3. The number of methoxy groups -OCH3 is 1. The van der Waals surface area contributed by atoms with Crippen LogP contribution in [0.1, 0.15) is 70.9 Å². The van der Waals surface area contributed by atoms with Gasteiger partial charge in [-0.05, 0) is 78.4 Å². The van der Waals surface area contributed by atoms with Crippen LogP contribution in [0.4, 0.5) is 0 Å². The molecule has 3 aliphatic rings. The molecule has 4 heteroatoms. The van der Waals surface area contributed by atoms with E-state index in [9.17, 15) is 4.79 Å². The molecule has 0 spiro atoms. The maximum Gasteiger partial charge on any atom is 0.192 e. The maximum absolute atomic E-state index is 13.5. The number of hydrogen-bond acceptors (Lipinski definition) is 3. The minimum absolute atomic E-state index is 0.0218. The summed E-state index contributed by atoms with van der Waals surface area (Å²) in [5.41, 5.74) is 2.86. The SMILES string of the molecule is COc1ccc2c(c1)C[C@@H](C)[C@@H]1[C@@H]2CC[C@]2(C)[C@@H](O[Si](C)(C)C(C)(C)C)CC(=O)[C@H]12. The van der Waals surface area contributed by atoms with Crippen molar-refractivity contribution in [3.63, 3.8) is 0 Å². The molecule has 0 N–H and O–H groups in total. The average Bonchev–Trinajstić information content (AvgIpc) is 2.90. The zero-order chi connectivity index (χ0) is 22.1. The molecule has 3 nitrogen and oxygen atoms in total. The standard InChI is InChI=1S/C26H40O3Si/c1-16-13-17-14-18(28-6)9-10-19(17)20-11-12-26(5)22(15-21(27)24(26)23(16)20)29-30(7,8)25(2,3)4/h9-10,14,16,20,22-24H,11-13,15H2,1-8H3/t16-,20-,22+,23-,24-,26-/m1/s1. The normalized spacial score (nSPS) is 36.1. The second-order valence-electron chi connectivity index (χ2n) is 12.0. The second kappa shape index (κ2) is 7.20. The Bertz CT molecular complexity index is 839. The van der Waals surface area contributed by atoms with Crippen LogP contribution in [0.25, 0.3) is 0 Å². The lowest BCUT2D eigenvalue weighted by Crippen LogP contribution is -2.52. The van der Waals surface area contributed by atoms with Gasteiger partial charge in [0, 0.05) is 17.8 Å². The van der Waals surface area contributed by atoms with Gasteiger partial charge < -0.3 is 9.16 Å². The van der Waals surface area contributed by atoms with Gasteiger partial charge in [0.2, 0.25) is 0 Å². The van der Waals surface area contributed by atoms with Crippen LogP contribution in [-0.4, -0.2) is 27.3 Å². The first-order valence-corrected chi connectivity index (χ1v) is 14.7. The van der Waals surface area contributed by atoms with Crippen molar-refractivity contribution in [3.8, 4) is 5.75 Å². The van der Waals surface area contributed by atoms with E-state index in [-0.39, 0.29) is 22.5 Å². The zero-order valence-electron chi connectivity index (χ0n) is 20.2. The zero-order valence-corrected chi connectivity index (χ0v) is 21.2. The Morgan fingerprint density at radius 1 is 1.17 bits per heavy atom. The van der Waals surface area contributed by atoms with Gasteiger partial charge in [-0.25, -0.2) is 0 Å². The lowest BCUT2D eigenvalue weighted by atomic mass is 9.52. The second-order valence-corrected chi connectivity index (χ2v) is 16.7. The minimum atomic E-state index is -1.92. The third-order valence-corrected chi connectivity index (χ3v) is 13.7. The smallest absolute Gasteiger partial charge is 0.192 e. The number of ether oxygens (including phenoxy) is 1. The van der Waals surface area contributed by atoms with Gasteiger partial charge >= 0.3 is 0 Å². The number of Topliss-reactive ketones (excluding diaryl/α,β-unsaturated/α-hetero) is 1. The number of fused-ring (bicyclic) bond motifs is 5. The van der Waals surface area contributed by atoms with Crippen molar-refractivity contribution in [1.29, 1.82) is 0 Å². The fourth-order valence-corrected chi connectivity index (χ4v) is 7.92. The van der Waals surface area contributed by atoms with Crippen LogP contribution in [0.2, 0.25) is 18.1 Å². The molecule has 2 saturated carbocycles. The van der Waals surface area contributed by atoms with E-state index in [4.69, 9.17) is 9.16 Å². The summed E-state index contributed by atoms with van der Waals surface area (Å²) >= 11 is 0. The van der Waals surface area contributed by atoms with Gasteiger partial charge in [0.15, 0.2) is 8.32 Å². The number of ketones is 1. The molecule has 0 radical (unpaired) electrons. The Kier molecular flexibility index (Phi) is 5.30. The molecule has 1 aromatic rings. The van der Waals surface area contributed by atoms with E-state index in [1.165, 1.54) is 11.1 Å². The Hall–Kier alpha value is -1.13. The molecule has 6 atom stereocenters. The van der Waals surface area contributed by atoms with Crippen molar-refractivity contribution in [3.05, 3.63) is 29.3 Å². The molecule has 4 rings (SSSR count). The molecule has 0 aromatic heterocycles. The van der Waals surface area contributed by atoms with Crippen LogP contribution in [0.5, 0.6) is 5.75 Å². The van der Waals surface area contributed by atoms with Gasteiger partial charge in [-0.2, -0.15) is 0 Å². The van der Waals surface area contributed by atoms with Gasteiger partial charge in [-0.3, -0.25) is 4.79 Å². The van der Waals surface area contributed by atoms with Gasteiger partial charge in [-0.15, -0.1) is 0 Å². The van der Waals surface area contributed by atoms with Gasteiger partial charge in [0.25, 0.3) is 0 Å². The van der Waals surface area contributed by atoms with Crippen molar-refractivity contribution >= 4 is 14.1 Å². The topological polar surface area (TPSA) is 35.5 Å². The number of hydrogen-bond donors (Lipinski definition) is 0. The van der Waals surface area contributed by atoms with Crippen LogP contribution < -0.4 is 4.74 Å². The molecule has 0 heterocycles. The first-order valence-electron chi connectivity index (χ1n) is 11.8. The highest BCUT2D eigenvalue weighted by Gasteiger charge is 2.61. The van der Waals surface area contributed by atoms with Crippen LogP contribution in [0, 0.1) is 23.2 Å². The molecule has 166 valence electrons. The summed E-state index contributed by atoms with van der Waals surface area (Å²) in [6, 6.07) is 6.58. The number of carbonyl (C=O) groups is 1. The predicted octanol–water partition coefficient (Wildman–Crippen LogP) is 6.37. The Balaban J connectivity index is 1.67. The Morgan fingerprint density at radius 2 is 1.87 bits per heavy atom. The predicted molar refractivity (Wildman–Crippen MR) is 125 cm³/mol. The lowest BCUT2D eigenvalue weighted by Gasteiger charge is -2.53. The number of carbonyl (C=O) groups excluding carboxylic acids is 1. The fraction of sp³-hybridized carbons (Fsp3) is 0.731. The quantitative estimate of drug-likeness (QED) is 0.525. The molecule has 2 fully saturated rings. The van der Waals surface area contributed by atoms with E-state index in [2.05, 4.69) is 65.9 Å². The third-order valence-electron chi connectivity index (χ3n) is 9.21. The monoisotopic (exact) mass is 428 g/mol. The van der Waals surface area contributed by atoms with Gasteiger partial charge in [0.05, 0.1) is 13.2 Å². The van der Waals surface area contributed by atoms with Crippen LogP contribution >= 0.6 is 0 Å². The molecule has 0 bridgehead atoms. The highest BCUT2D eigenvalue weighted by molar-refractivity contribution is 6.74. The molecule has 30 heavy (non-hydrogen) atoms. The molecule has 1 aromatic carbocycles. The van der Waals surface area contributed by atoms with Crippen LogP contribution in [0.3, 0.4) is 0 Å². The van der Waals surface area contributed by atoms with Crippen LogP contribution in [-0.2, 0) is 15.6 Å². The minimum Gasteiger partial charge on any atom is -0.497 e. The number of benzene rings is 1. The summed E-state index contributed by atoms with van der Waals surface area (Å²) in [4.78, 5) is 13.5. The van der Waals surface area contributed by atoms with Crippen molar-refractivity contribution in [2.45, 2.75) is 90.5 Å². The lowest BCUT2D eigenvalue weighted by molar-refractivity contribution is -0.128. The van der Waals surface area contributed by atoms with Crippen molar-refractivity contribution in [2.24, 2.45) is 23.2 Å². The highest BCUT2D eigenvalue weighted by Crippen LogP contribution is 2.62. The summed E-state index contributed by atoms with van der Waals surface area (Å²) in [6.07, 6.45) is 3.98. The molecule has 3 aliphatic carbocycles. The summed E-state index contributed by atoms with van der Waals surface area (Å²) in [6.45, 7) is 16.3. The van der Waals surface area contributed by atoms with Crippen molar-refractivity contribution < 1.29 is 14.0 Å². The van der Waals surface area contributed by atoms with E-state index in [1.54, 1.807) is 7.11 Å². The molecule has 0 unspecified atom stereocenters. The summed E-state index contributed by atoms with van der Waals surface area (Å²) in [7, 11) is -0.179. The molecular weight excluding hydrogens is 388 g/mol. The Labute approximate surface area is 184 Å². The van der Waals surface area contributed by atoms with E-state index < -0.39 is 8.32 Å². The van der Waals surface area contributed by atoms with Gasteiger partial charge in [0.1, 0.15) is 11.5 Å². The van der Waals surface area contributed by atoms with Gasteiger partial charge in [-0.1, -0.05) is 40.7 Å². The maximum atomic E-state index is 13.5. The van der Waals surface area contributed by atoms with Crippen molar-refractivity contribution in [1.82, 2.24) is 0 Å². The van der Waals surface area contributed by atoms with Crippen LogP contribution in [0.15, 0.2) is 18.2 Å². The van der Waals surface area contributed by atoms with E-state index in [1.807, 2.05) is 0 Å². The van der Waals surface area contributed by atoms with E-state index in [0.29, 0.717) is 30.0 Å². The molecular formula is C26H40O3Si. The summed E-state index contributed by atoms with van der Waals surface area (Å²) < 4.78 is 12.4. The van der Waals surface area contributed by atoms with E-state index >= 15 is 0 Å². The fourth-order valence-electron chi connectivity index (χ4n) is 6.50. The highest BCUT2D eigenvalue weighted by atomic mass is 28.4. The Morgan fingerprint density at radius 3 is 2.50 bits per heavy atom. The van der Waals surface area contributed by atoms with E-state index in [0.717, 1.165) is 25.0 Å². The molecule has 0 saturated heterocycles. The summed E-state index contributed by atoms with van der Waals surface area (Å²) in [5.74, 6) is 2.97. The average molecular weight is 429 g/mol. The molecule has 0 amide bonds. The largest absolute Gasteiger partial charge is 0.497 e. The summed E-state index contributed by atoms with van der Waals surface area (Å²) in [5, 5.41) is 0.165. The first-order chi connectivity index (χ1) is 13.9. The van der Waals surface area contributed by atoms with Crippen molar-refractivity contribution in [2.75, 3.05) is 7.11 Å². The molecule has 0 aliphatic heterocycles. The first kappa shape index (κ1) is 22.1.